The predicted molar refractivity (Wildman–Crippen MR) is 96.8 cm³/mol. The van der Waals surface area contributed by atoms with Crippen LogP contribution in [0.15, 0.2) is 59.5 Å². The van der Waals surface area contributed by atoms with Crippen LogP contribution in [0.25, 0.3) is 0 Å². The third-order valence-corrected chi connectivity index (χ3v) is 6.00. The van der Waals surface area contributed by atoms with Crippen molar-refractivity contribution in [2.24, 2.45) is 5.41 Å². The number of carbonyl (C=O) groups excluding carboxylic acids is 1. The van der Waals surface area contributed by atoms with Crippen molar-refractivity contribution in [3.63, 3.8) is 0 Å². The van der Waals surface area contributed by atoms with Crippen LogP contribution in [-0.4, -0.2) is 38.5 Å². The Balaban J connectivity index is 2.15. The molecule has 2 aromatic carbocycles. The van der Waals surface area contributed by atoms with E-state index >= 15 is 0 Å². The Kier molecular flexibility index (Phi) is 6.05. The zero-order valence-electron chi connectivity index (χ0n) is 14.9. The molecule has 0 fully saturated rings. The van der Waals surface area contributed by atoms with Gasteiger partial charge in [0, 0.05) is 5.41 Å². The molecule has 0 bridgehead atoms. The van der Waals surface area contributed by atoms with Crippen LogP contribution >= 0.6 is 0 Å². The van der Waals surface area contributed by atoms with Crippen molar-refractivity contribution in [2.75, 3.05) is 12.9 Å². The number of benzene rings is 2. The van der Waals surface area contributed by atoms with Crippen LogP contribution < -0.4 is 4.74 Å². The number of aliphatic hydroxyl groups is 1. The van der Waals surface area contributed by atoms with Crippen molar-refractivity contribution < 1.29 is 27.8 Å². The van der Waals surface area contributed by atoms with Gasteiger partial charge in [-0.3, -0.25) is 0 Å². The van der Waals surface area contributed by atoms with Gasteiger partial charge in [-0.05, 0) is 36.4 Å². The average molecular weight is 378 g/mol. The second-order valence-electron chi connectivity index (χ2n) is 6.56. The van der Waals surface area contributed by atoms with Gasteiger partial charge >= 0.3 is 5.97 Å². The van der Waals surface area contributed by atoms with Crippen molar-refractivity contribution in [1.82, 2.24) is 0 Å². The van der Waals surface area contributed by atoms with Crippen LogP contribution in [0.2, 0.25) is 0 Å². The molecule has 140 valence electrons. The van der Waals surface area contributed by atoms with E-state index in [2.05, 4.69) is 4.74 Å². The molecule has 0 heterocycles. The van der Waals surface area contributed by atoms with Gasteiger partial charge in [0.05, 0.1) is 17.8 Å². The van der Waals surface area contributed by atoms with Crippen LogP contribution in [-0.2, 0) is 19.4 Å². The van der Waals surface area contributed by atoms with E-state index in [1.54, 1.807) is 24.3 Å². The van der Waals surface area contributed by atoms with Crippen molar-refractivity contribution in [1.29, 1.82) is 0 Å². The van der Waals surface area contributed by atoms with Crippen molar-refractivity contribution in [3.8, 4) is 11.5 Å². The maximum Gasteiger partial charge on any atom is 0.335 e. The van der Waals surface area contributed by atoms with E-state index in [1.807, 2.05) is 18.2 Å². The molecule has 0 aliphatic carbocycles. The standard InChI is InChI=1S/C19H22O6S/c1-19(2,17(20)18(21)24-3)13-26(22,23)16-11-9-15(10-12-16)25-14-7-5-4-6-8-14/h4-12,17,20H,13H2,1-3H3. The summed E-state index contributed by atoms with van der Waals surface area (Å²) in [6.07, 6.45) is -1.54. The number of methoxy groups -OCH3 is 1. The lowest BCUT2D eigenvalue weighted by atomic mass is 9.89. The maximum absolute atomic E-state index is 12.6. The lowest BCUT2D eigenvalue weighted by molar-refractivity contribution is -0.156. The highest BCUT2D eigenvalue weighted by atomic mass is 32.2. The van der Waals surface area contributed by atoms with E-state index < -0.39 is 33.1 Å². The predicted octanol–water partition coefficient (Wildman–Crippen LogP) is 2.81. The summed E-state index contributed by atoms with van der Waals surface area (Å²) < 4.78 is 35.4. The molecule has 0 saturated carbocycles. The Morgan fingerprint density at radius 2 is 1.58 bits per heavy atom. The summed E-state index contributed by atoms with van der Waals surface area (Å²) in [6.45, 7) is 3.00. The first kappa shape index (κ1) is 19.9. The number of sulfone groups is 1. The van der Waals surface area contributed by atoms with Gasteiger partial charge in [0.2, 0.25) is 0 Å². The zero-order chi connectivity index (χ0) is 19.4. The minimum absolute atomic E-state index is 0.0862. The summed E-state index contributed by atoms with van der Waals surface area (Å²) in [4.78, 5) is 11.6. The molecule has 2 rings (SSSR count). The minimum atomic E-state index is -3.72. The molecule has 1 atom stereocenters. The molecule has 0 radical (unpaired) electrons. The highest BCUT2D eigenvalue weighted by Gasteiger charge is 2.38. The Morgan fingerprint density at radius 3 is 2.12 bits per heavy atom. The summed E-state index contributed by atoms with van der Waals surface area (Å²) >= 11 is 0. The molecule has 1 unspecified atom stereocenters. The SMILES string of the molecule is COC(=O)C(O)C(C)(C)CS(=O)(=O)c1ccc(Oc2ccccc2)cc1. The van der Waals surface area contributed by atoms with Gasteiger partial charge in [0.1, 0.15) is 11.5 Å². The molecule has 0 aliphatic heterocycles. The topological polar surface area (TPSA) is 89.9 Å². The maximum atomic E-state index is 12.6. The fraction of sp³-hybridized carbons (Fsp3) is 0.316. The Bertz CT molecular complexity index is 841. The number of para-hydroxylation sites is 1. The van der Waals surface area contributed by atoms with E-state index in [0.29, 0.717) is 11.5 Å². The number of rotatable bonds is 7. The molecule has 2 aromatic rings. The summed E-state index contributed by atoms with van der Waals surface area (Å²) in [7, 11) is -2.58. The molecule has 0 saturated heterocycles. The second kappa shape index (κ2) is 7.88. The smallest absolute Gasteiger partial charge is 0.335 e. The second-order valence-corrected chi connectivity index (χ2v) is 8.55. The fourth-order valence-corrected chi connectivity index (χ4v) is 4.28. The van der Waals surface area contributed by atoms with E-state index in [9.17, 15) is 18.3 Å². The number of hydrogen-bond acceptors (Lipinski definition) is 6. The van der Waals surface area contributed by atoms with Gasteiger partial charge in [0.15, 0.2) is 15.9 Å². The fourth-order valence-electron chi connectivity index (χ4n) is 2.42. The molecule has 0 spiro atoms. The van der Waals surface area contributed by atoms with E-state index in [-0.39, 0.29) is 4.90 Å². The molecule has 6 nitrogen and oxygen atoms in total. The number of esters is 1. The molecule has 0 aliphatic rings. The van der Waals surface area contributed by atoms with E-state index in [4.69, 9.17) is 4.74 Å². The highest BCUT2D eigenvalue weighted by molar-refractivity contribution is 7.91. The Morgan fingerprint density at radius 1 is 1.04 bits per heavy atom. The lowest BCUT2D eigenvalue weighted by Crippen LogP contribution is -2.42. The molecule has 1 N–H and O–H groups in total. The van der Waals surface area contributed by atoms with Gasteiger partial charge in [-0.15, -0.1) is 0 Å². The van der Waals surface area contributed by atoms with Gasteiger partial charge in [0.25, 0.3) is 0 Å². The van der Waals surface area contributed by atoms with Crippen LogP contribution in [0.1, 0.15) is 13.8 Å². The summed E-state index contributed by atoms with van der Waals surface area (Å²) in [5.41, 5.74) is -1.20. The third kappa shape index (κ3) is 4.83. The van der Waals surface area contributed by atoms with E-state index in [0.717, 1.165) is 7.11 Å². The van der Waals surface area contributed by atoms with E-state index in [1.165, 1.54) is 26.0 Å². The summed E-state index contributed by atoms with van der Waals surface area (Å²) in [6, 6.07) is 15.1. The van der Waals surface area contributed by atoms with Crippen LogP contribution in [0.3, 0.4) is 0 Å². The molecule has 0 aromatic heterocycles. The van der Waals surface area contributed by atoms with Gasteiger partial charge in [-0.2, -0.15) is 0 Å². The van der Waals surface area contributed by atoms with Crippen LogP contribution in [0, 0.1) is 5.41 Å². The van der Waals surface area contributed by atoms with Crippen LogP contribution in [0.5, 0.6) is 11.5 Å². The monoisotopic (exact) mass is 378 g/mol. The third-order valence-electron chi connectivity index (χ3n) is 3.89. The van der Waals surface area contributed by atoms with Crippen molar-refractivity contribution in [3.05, 3.63) is 54.6 Å². The molecule has 26 heavy (non-hydrogen) atoms. The van der Waals surface area contributed by atoms with Crippen molar-refractivity contribution >= 4 is 15.8 Å². The quantitative estimate of drug-likeness (QED) is 0.745. The number of hydrogen-bond donors (Lipinski definition) is 1. The van der Waals surface area contributed by atoms with Gasteiger partial charge < -0.3 is 14.6 Å². The number of carbonyl (C=O) groups is 1. The molecule has 7 heteroatoms. The Labute approximate surface area is 153 Å². The zero-order valence-corrected chi connectivity index (χ0v) is 15.7. The van der Waals surface area contributed by atoms with Gasteiger partial charge in [-0.1, -0.05) is 32.0 Å². The normalized spacial score (nSPS) is 13.1. The lowest BCUT2D eigenvalue weighted by Gasteiger charge is -2.28. The molecular formula is C19H22O6S. The highest BCUT2D eigenvalue weighted by Crippen LogP contribution is 2.29. The molecule has 0 amide bonds. The minimum Gasteiger partial charge on any atom is -0.467 e. The Hall–Kier alpha value is -2.38. The number of ether oxygens (including phenoxy) is 2. The largest absolute Gasteiger partial charge is 0.467 e. The van der Waals surface area contributed by atoms with Crippen LogP contribution in [0.4, 0.5) is 0 Å². The summed E-state index contributed by atoms with van der Waals surface area (Å²) in [5, 5.41) is 10.0. The number of aliphatic hydroxyl groups excluding tert-OH is 1. The first-order valence-electron chi connectivity index (χ1n) is 7.97. The first-order valence-corrected chi connectivity index (χ1v) is 9.62. The first-order chi connectivity index (χ1) is 12.2. The average Bonchev–Trinajstić information content (AvgIpc) is 2.61. The van der Waals surface area contributed by atoms with Crippen molar-refractivity contribution in [2.45, 2.75) is 24.8 Å². The summed E-state index contributed by atoms with van der Waals surface area (Å²) in [5.74, 6) is -0.124. The van der Waals surface area contributed by atoms with Gasteiger partial charge in [-0.25, -0.2) is 13.2 Å². The molecular weight excluding hydrogens is 356 g/mol.